The van der Waals surface area contributed by atoms with Gasteiger partial charge in [-0.05, 0) is 38.3 Å². The molecule has 0 radical (unpaired) electrons. The maximum atomic E-state index is 11.1. The van der Waals surface area contributed by atoms with Crippen molar-refractivity contribution in [2.45, 2.75) is 39.2 Å². The predicted octanol–water partition coefficient (Wildman–Crippen LogP) is 0.690. The summed E-state index contributed by atoms with van der Waals surface area (Å²) in [5.74, 6) is 0.583. The fraction of sp³-hybridized carbons (Fsp3) is 0.550. The van der Waals surface area contributed by atoms with Crippen LogP contribution in [0.1, 0.15) is 31.0 Å². The van der Waals surface area contributed by atoms with Crippen LogP contribution in [0.25, 0.3) is 5.65 Å². The number of piperidine rings is 1. The van der Waals surface area contributed by atoms with Gasteiger partial charge in [0.15, 0.2) is 5.96 Å². The van der Waals surface area contributed by atoms with Gasteiger partial charge in [0.1, 0.15) is 5.65 Å². The van der Waals surface area contributed by atoms with E-state index in [1.807, 2.05) is 12.3 Å². The van der Waals surface area contributed by atoms with Gasteiger partial charge in [-0.15, -0.1) is 0 Å². The molecule has 2 aromatic heterocycles. The third-order valence-electron chi connectivity index (χ3n) is 5.02. The molecule has 0 unspecified atom stereocenters. The molecule has 3 rings (SSSR count). The van der Waals surface area contributed by atoms with Gasteiger partial charge in [-0.1, -0.05) is 6.07 Å². The van der Waals surface area contributed by atoms with Gasteiger partial charge in [0.25, 0.3) is 0 Å². The number of aryl methyl sites for hydroxylation is 1. The summed E-state index contributed by atoms with van der Waals surface area (Å²) in [7, 11) is 0. The van der Waals surface area contributed by atoms with Crippen molar-refractivity contribution >= 4 is 17.5 Å². The molecular formula is C20H31N7O. The Bertz CT molecular complexity index is 821. The number of aromatic nitrogens is 2. The summed E-state index contributed by atoms with van der Waals surface area (Å²) >= 11 is 0. The van der Waals surface area contributed by atoms with E-state index in [0.717, 1.165) is 56.2 Å². The zero-order valence-electron chi connectivity index (χ0n) is 16.8. The maximum Gasteiger partial charge on any atom is 0.231 e. The van der Waals surface area contributed by atoms with Gasteiger partial charge in [-0.3, -0.25) is 14.7 Å². The normalized spacial score (nSPS) is 16.4. The van der Waals surface area contributed by atoms with Crippen LogP contribution in [0.15, 0.2) is 29.5 Å². The third-order valence-corrected chi connectivity index (χ3v) is 5.02. The summed E-state index contributed by atoms with van der Waals surface area (Å²) < 4.78 is 2.07. The largest absolute Gasteiger partial charge is 0.369 e. The van der Waals surface area contributed by atoms with E-state index in [9.17, 15) is 4.79 Å². The van der Waals surface area contributed by atoms with E-state index in [1.54, 1.807) is 0 Å². The molecule has 0 atom stereocenters. The molecule has 1 saturated heterocycles. The minimum Gasteiger partial charge on any atom is -0.369 e. The summed E-state index contributed by atoms with van der Waals surface area (Å²) in [5, 5.41) is 6.84. The van der Waals surface area contributed by atoms with E-state index in [1.165, 1.54) is 5.56 Å². The first kappa shape index (κ1) is 20.1. The summed E-state index contributed by atoms with van der Waals surface area (Å²) in [4.78, 5) is 22.6. The number of guanidine groups is 1. The van der Waals surface area contributed by atoms with Gasteiger partial charge in [0.2, 0.25) is 5.91 Å². The molecule has 8 nitrogen and oxygen atoms in total. The lowest BCUT2D eigenvalue weighted by atomic mass is 10.1. The summed E-state index contributed by atoms with van der Waals surface area (Å²) in [6.45, 7) is 7.74. The smallest absolute Gasteiger partial charge is 0.231 e. The number of amides is 1. The Kier molecular flexibility index (Phi) is 6.86. The lowest BCUT2D eigenvalue weighted by Gasteiger charge is -2.32. The van der Waals surface area contributed by atoms with Crippen molar-refractivity contribution in [3.63, 3.8) is 0 Å². The molecule has 28 heavy (non-hydrogen) atoms. The summed E-state index contributed by atoms with van der Waals surface area (Å²) in [6, 6.07) is 4.47. The monoisotopic (exact) mass is 385 g/mol. The highest BCUT2D eigenvalue weighted by Gasteiger charge is 2.20. The quantitative estimate of drug-likeness (QED) is 0.481. The molecule has 3 heterocycles. The Morgan fingerprint density at radius 3 is 2.86 bits per heavy atom. The number of carbonyl (C=O) groups is 1. The molecule has 0 bridgehead atoms. The van der Waals surface area contributed by atoms with Gasteiger partial charge < -0.3 is 20.8 Å². The standard InChI is InChI=1S/C20H31N7O/c1-3-22-20(25-16-7-11-26(12-8-16)14-18(21)28)23-9-6-17-13-27-10-4-5-15(2)19(27)24-17/h4-5,10,13,16H,3,6-9,11-12,14H2,1-2H3,(H2,21,28)(H2,22,23,25). The van der Waals surface area contributed by atoms with E-state index in [2.05, 4.69) is 46.0 Å². The van der Waals surface area contributed by atoms with Crippen molar-refractivity contribution in [1.82, 2.24) is 24.9 Å². The van der Waals surface area contributed by atoms with E-state index in [0.29, 0.717) is 19.1 Å². The number of hydrogen-bond acceptors (Lipinski definition) is 4. The molecule has 0 aromatic carbocycles. The first-order valence-electron chi connectivity index (χ1n) is 10.0. The SMILES string of the molecule is CCNC(=NCCc1cn2cccc(C)c2n1)NC1CCN(CC(N)=O)CC1. The molecule has 152 valence electrons. The average Bonchev–Trinajstić information content (AvgIpc) is 3.07. The molecule has 1 fully saturated rings. The van der Waals surface area contributed by atoms with E-state index in [4.69, 9.17) is 15.7 Å². The molecule has 1 aliphatic heterocycles. The van der Waals surface area contributed by atoms with Gasteiger partial charge in [-0.25, -0.2) is 4.98 Å². The highest BCUT2D eigenvalue weighted by atomic mass is 16.1. The maximum absolute atomic E-state index is 11.1. The van der Waals surface area contributed by atoms with Gasteiger partial charge in [0.05, 0.1) is 12.2 Å². The van der Waals surface area contributed by atoms with Crippen LogP contribution in [0.3, 0.4) is 0 Å². The average molecular weight is 386 g/mol. The third kappa shape index (κ3) is 5.45. The molecule has 2 aromatic rings. The second-order valence-electron chi connectivity index (χ2n) is 7.33. The fourth-order valence-electron chi connectivity index (χ4n) is 3.58. The number of nitrogens with one attached hydrogen (secondary N) is 2. The summed E-state index contributed by atoms with van der Waals surface area (Å²) in [6.07, 6.45) is 6.85. The van der Waals surface area contributed by atoms with Crippen molar-refractivity contribution in [1.29, 1.82) is 0 Å². The van der Waals surface area contributed by atoms with Crippen molar-refractivity contribution in [3.8, 4) is 0 Å². The van der Waals surface area contributed by atoms with Crippen molar-refractivity contribution in [2.24, 2.45) is 10.7 Å². The Morgan fingerprint density at radius 2 is 2.18 bits per heavy atom. The first-order chi connectivity index (χ1) is 13.5. The van der Waals surface area contributed by atoms with Crippen molar-refractivity contribution < 1.29 is 4.79 Å². The highest BCUT2D eigenvalue weighted by Crippen LogP contribution is 2.11. The first-order valence-corrected chi connectivity index (χ1v) is 10.0. The van der Waals surface area contributed by atoms with E-state index >= 15 is 0 Å². The number of nitrogens with two attached hydrogens (primary N) is 1. The lowest BCUT2D eigenvalue weighted by Crippen LogP contribution is -2.49. The fourth-order valence-corrected chi connectivity index (χ4v) is 3.58. The number of fused-ring (bicyclic) bond motifs is 1. The van der Waals surface area contributed by atoms with Crippen LogP contribution in [0.5, 0.6) is 0 Å². The van der Waals surface area contributed by atoms with E-state index < -0.39 is 0 Å². The van der Waals surface area contributed by atoms with Crippen molar-refractivity contribution in [3.05, 3.63) is 35.8 Å². The number of pyridine rings is 1. The molecule has 0 saturated carbocycles. The molecule has 1 aliphatic rings. The van der Waals surface area contributed by atoms with Crippen LogP contribution < -0.4 is 16.4 Å². The molecular weight excluding hydrogens is 354 g/mol. The van der Waals surface area contributed by atoms with Crippen LogP contribution in [0.4, 0.5) is 0 Å². The Morgan fingerprint density at radius 1 is 1.39 bits per heavy atom. The Balaban J connectivity index is 1.52. The second kappa shape index (κ2) is 9.54. The number of imidazole rings is 1. The second-order valence-corrected chi connectivity index (χ2v) is 7.33. The van der Waals surface area contributed by atoms with Crippen LogP contribution in [0, 0.1) is 6.92 Å². The zero-order valence-corrected chi connectivity index (χ0v) is 16.8. The van der Waals surface area contributed by atoms with Crippen LogP contribution in [-0.4, -0.2) is 64.9 Å². The van der Waals surface area contributed by atoms with Crippen LogP contribution >= 0.6 is 0 Å². The summed E-state index contributed by atoms with van der Waals surface area (Å²) in [5.41, 5.74) is 8.52. The molecule has 1 amide bonds. The number of carbonyl (C=O) groups excluding carboxylic acids is 1. The van der Waals surface area contributed by atoms with Gasteiger partial charge >= 0.3 is 0 Å². The Labute approximate surface area is 166 Å². The molecule has 4 N–H and O–H groups in total. The van der Waals surface area contributed by atoms with Crippen molar-refractivity contribution in [2.75, 3.05) is 32.7 Å². The minimum atomic E-state index is -0.261. The highest BCUT2D eigenvalue weighted by molar-refractivity contribution is 5.80. The number of primary amides is 1. The Hall–Kier alpha value is -2.61. The minimum absolute atomic E-state index is 0.261. The number of aliphatic imine (C=N–C) groups is 1. The molecule has 8 heteroatoms. The lowest BCUT2D eigenvalue weighted by molar-refractivity contribution is -0.119. The van der Waals surface area contributed by atoms with E-state index in [-0.39, 0.29) is 5.91 Å². The van der Waals surface area contributed by atoms with Gasteiger partial charge in [0, 0.05) is 51.0 Å². The van der Waals surface area contributed by atoms with Gasteiger partial charge in [-0.2, -0.15) is 0 Å². The molecule has 0 aliphatic carbocycles. The predicted molar refractivity (Wildman–Crippen MR) is 111 cm³/mol. The van der Waals surface area contributed by atoms with Crippen LogP contribution in [0.2, 0.25) is 0 Å². The van der Waals surface area contributed by atoms with Crippen LogP contribution in [-0.2, 0) is 11.2 Å². The number of nitrogens with zero attached hydrogens (tertiary/aromatic N) is 4. The molecule has 0 spiro atoms. The number of rotatable bonds is 7. The number of likely N-dealkylation sites (tertiary alicyclic amines) is 1. The zero-order chi connectivity index (χ0) is 19.9. The number of hydrogen-bond donors (Lipinski definition) is 3. The topological polar surface area (TPSA) is 100 Å².